The average molecular weight is 458 g/mol. The van der Waals surface area contributed by atoms with E-state index >= 15 is 0 Å². The molecule has 164 valence electrons. The van der Waals surface area contributed by atoms with E-state index in [1.54, 1.807) is 47.0 Å². The lowest BCUT2D eigenvalue weighted by Crippen LogP contribution is -2.48. The van der Waals surface area contributed by atoms with Gasteiger partial charge < -0.3 is 9.64 Å². The fourth-order valence-electron chi connectivity index (χ4n) is 4.12. The van der Waals surface area contributed by atoms with E-state index in [0.717, 1.165) is 10.8 Å². The van der Waals surface area contributed by atoms with Crippen molar-refractivity contribution in [3.8, 4) is 17.0 Å². The molecule has 1 fully saturated rings. The first kappa shape index (κ1) is 21.8. The number of sulfonamides is 1. The normalized spacial score (nSPS) is 15.3. The summed E-state index contributed by atoms with van der Waals surface area (Å²) in [6.07, 6.45) is 0. The molecule has 0 bridgehead atoms. The van der Waals surface area contributed by atoms with Crippen LogP contribution in [0.3, 0.4) is 0 Å². The lowest BCUT2D eigenvalue weighted by molar-refractivity contribution is 0.384. The Kier molecular flexibility index (Phi) is 6.05. The zero-order chi connectivity index (χ0) is 22.2. The Labute approximate surface area is 188 Å². The molecule has 0 N–H and O–H groups in total. The maximum absolute atomic E-state index is 13.0. The smallest absolute Gasteiger partial charge is 0.243 e. The second-order valence-corrected chi connectivity index (χ2v) is 10.6. The van der Waals surface area contributed by atoms with Gasteiger partial charge in [0.1, 0.15) is 5.75 Å². The molecule has 2 aromatic carbocycles. The molecule has 0 aliphatic carbocycles. The lowest BCUT2D eigenvalue weighted by atomic mass is 9.98. The number of piperazine rings is 1. The number of methoxy groups -OCH3 is 1. The molecule has 4 rings (SSSR count). The molecule has 0 saturated carbocycles. The van der Waals surface area contributed by atoms with Crippen LogP contribution in [0.5, 0.6) is 5.75 Å². The summed E-state index contributed by atoms with van der Waals surface area (Å²) in [7, 11) is -1.95. The van der Waals surface area contributed by atoms with E-state index < -0.39 is 10.0 Å². The predicted molar refractivity (Wildman–Crippen MR) is 126 cm³/mol. The van der Waals surface area contributed by atoms with Crippen LogP contribution in [0, 0.1) is 20.8 Å². The summed E-state index contributed by atoms with van der Waals surface area (Å²) in [4.78, 5) is 7.35. The molecule has 0 amide bonds. The molecule has 6 nitrogen and oxygen atoms in total. The number of ether oxygens (including phenoxy) is 1. The number of hydrogen-bond acceptors (Lipinski definition) is 6. The van der Waals surface area contributed by atoms with Crippen LogP contribution >= 0.6 is 11.3 Å². The first-order valence-corrected chi connectivity index (χ1v) is 12.5. The van der Waals surface area contributed by atoms with Crippen molar-refractivity contribution in [1.82, 2.24) is 9.29 Å². The number of aryl methyl sites for hydroxylation is 3. The van der Waals surface area contributed by atoms with Crippen LogP contribution in [0.2, 0.25) is 0 Å². The molecule has 1 aliphatic rings. The number of thiazole rings is 1. The Morgan fingerprint density at radius 2 is 1.58 bits per heavy atom. The Bertz CT molecular complexity index is 1160. The zero-order valence-electron chi connectivity index (χ0n) is 18.3. The van der Waals surface area contributed by atoms with Gasteiger partial charge in [0.15, 0.2) is 5.13 Å². The van der Waals surface area contributed by atoms with Crippen LogP contribution in [-0.2, 0) is 10.0 Å². The van der Waals surface area contributed by atoms with Crippen molar-refractivity contribution in [3.63, 3.8) is 0 Å². The average Bonchev–Trinajstić information content (AvgIpc) is 3.23. The van der Waals surface area contributed by atoms with Crippen LogP contribution in [0.25, 0.3) is 11.3 Å². The van der Waals surface area contributed by atoms with Crippen molar-refractivity contribution in [1.29, 1.82) is 0 Å². The van der Waals surface area contributed by atoms with Crippen molar-refractivity contribution >= 4 is 26.5 Å². The fourth-order valence-corrected chi connectivity index (χ4v) is 6.42. The molecule has 0 unspecified atom stereocenters. The fraction of sp³-hybridized carbons (Fsp3) is 0.348. The van der Waals surface area contributed by atoms with Gasteiger partial charge in [0.05, 0.1) is 17.7 Å². The van der Waals surface area contributed by atoms with E-state index in [9.17, 15) is 8.42 Å². The Hall–Kier alpha value is -2.42. The summed E-state index contributed by atoms with van der Waals surface area (Å²) < 4.78 is 32.6. The second-order valence-electron chi connectivity index (χ2n) is 7.86. The molecule has 1 aliphatic heterocycles. The minimum Gasteiger partial charge on any atom is -0.497 e. The largest absolute Gasteiger partial charge is 0.497 e. The van der Waals surface area contributed by atoms with Gasteiger partial charge in [-0.2, -0.15) is 4.31 Å². The molecule has 1 aromatic heterocycles. The number of rotatable bonds is 5. The van der Waals surface area contributed by atoms with Crippen LogP contribution < -0.4 is 9.64 Å². The standard InChI is InChI=1S/C23H27N3O3S2/c1-16-13-17(2)22(18(3)14-16)21-15-30-23(24-21)25-9-11-26(12-10-25)31(27,28)20-7-5-19(29-4)6-8-20/h5-8,13-15H,9-12H2,1-4H3. The van der Waals surface area contributed by atoms with Gasteiger partial charge in [-0.1, -0.05) is 17.7 Å². The summed E-state index contributed by atoms with van der Waals surface area (Å²) in [5.41, 5.74) is 5.88. The van der Waals surface area contributed by atoms with E-state index in [1.165, 1.54) is 22.3 Å². The van der Waals surface area contributed by atoms with Gasteiger partial charge in [-0.05, 0) is 56.2 Å². The summed E-state index contributed by atoms with van der Waals surface area (Å²) in [6, 6.07) is 10.9. The van der Waals surface area contributed by atoms with Crippen LogP contribution in [-0.4, -0.2) is 51.0 Å². The minimum atomic E-state index is -3.51. The summed E-state index contributed by atoms with van der Waals surface area (Å²) in [5, 5.41) is 3.04. The SMILES string of the molecule is COc1ccc(S(=O)(=O)N2CCN(c3nc(-c4c(C)cc(C)cc4C)cs3)CC2)cc1. The molecule has 31 heavy (non-hydrogen) atoms. The van der Waals surface area contributed by atoms with Crippen LogP contribution in [0.15, 0.2) is 46.7 Å². The van der Waals surface area contributed by atoms with Crippen molar-refractivity contribution < 1.29 is 13.2 Å². The molecule has 0 atom stereocenters. The molecule has 1 saturated heterocycles. The highest BCUT2D eigenvalue weighted by Crippen LogP contribution is 2.33. The molecular weight excluding hydrogens is 430 g/mol. The highest BCUT2D eigenvalue weighted by Gasteiger charge is 2.29. The van der Waals surface area contributed by atoms with Crippen molar-refractivity contribution in [2.24, 2.45) is 0 Å². The van der Waals surface area contributed by atoms with Crippen molar-refractivity contribution in [2.75, 3.05) is 38.2 Å². The molecule has 2 heterocycles. The molecular formula is C23H27N3O3S2. The monoisotopic (exact) mass is 457 g/mol. The quantitative estimate of drug-likeness (QED) is 0.573. The van der Waals surface area contributed by atoms with Crippen LogP contribution in [0.4, 0.5) is 5.13 Å². The molecule has 0 radical (unpaired) electrons. The topological polar surface area (TPSA) is 62.7 Å². The van der Waals surface area contributed by atoms with E-state index in [-0.39, 0.29) is 0 Å². The highest BCUT2D eigenvalue weighted by atomic mass is 32.2. The van der Waals surface area contributed by atoms with E-state index in [0.29, 0.717) is 36.8 Å². The van der Waals surface area contributed by atoms with E-state index in [2.05, 4.69) is 43.2 Å². The Morgan fingerprint density at radius 3 is 2.16 bits per heavy atom. The second kappa shape index (κ2) is 8.61. The van der Waals surface area contributed by atoms with Crippen molar-refractivity contribution in [3.05, 3.63) is 58.5 Å². The summed E-state index contributed by atoms with van der Waals surface area (Å²) >= 11 is 1.61. The summed E-state index contributed by atoms with van der Waals surface area (Å²) in [5.74, 6) is 0.641. The number of anilines is 1. The molecule has 8 heteroatoms. The third-order valence-electron chi connectivity index (χ3n) is 5.63. The highest BCUT2D eigenvalue weighted by molar-refractivity contribution is 7.89. The Balaban J connectivity index is 1.47. The molecule has 0 spiro atoms. The van der Waals surface area contributed by atoms with Crippen molar-refractivity contribution in [2.45, 2.75) is 25.7 Å². The minimum absolute atomic E-state index is 0.295. The third kappa shape index (κ3) is 4.33. The van der Waals surface area contributed by atoms with Gasteiger partial charge in [0.2, 0.25) is 10.0 Å². The van der Waals surface area contributed by atoms with Gasteiger partial charge in [0, 0.05) is 37.1 Å². The summed E-state index contributed by atoms with van der Waals surface area (Å²) in [6.45, 7) is 8.46. The van der Waals surface area contributed by atoms with Crippen LogP contribution in [0.1, 0.15) is 16.7 Å². The van der Waals surface area contributed by atoms with E-state index in [1.807, 2.05) is 0 Å². The number of hydrogen-bond donors (Lipinski definition) is 0. The van der Waals surface area contributed by atoms with Gasteiger partial charge in [0.25, 0.3) is 0 Å². The first-order valence-electron chi connectivity index (χ1n) is 10.2. The number of nitrogens with zero attached hydrogens (tertiary/aromatic N) is 3. The maximum Gasteiger partial charge on any atom is 0.243 e. The van der Waals surface area contributed by atoms with Gasteiger partial charge in [-0.3, -0.25) is 0 Å². The van der Waals surface area contributed by atoms with Gasteiger partial charge >= 0.3 is 0 Å². The number of aromatic nitrogens is 1. The third-order valence-corrected chi connectivity index (χ3v) is 8.45. The predicted octanol–water partition coefficient (Wildman–Crippen LogP) is 4.25. The molecule has 3 aromatic rings. The lowest BCUT2D eigenvalue weighted by Gasteiger charge is -2.33. The zero-order valence-corrected chi connectivity index (χ0v) is 19.9. The van der Waals surface area contributed by atoms with Gasteiger partial charge in [-0.25, -0.2) is 13.4 Å². The Morgan fingerprint density at radius 1 is 0.968 bits per heavy atom. The van der Waals surface area contributed by atoms with E-state index in [4.69, 9.17) is 9.72 Å². The maximum atomic E-state index is 13.0. The first-order chi connectivity index (χ1) is 14.8. The van der Waals surface area contributed by atoms with Gasteiger partial charge in [-0.15, -0.1) is 11.3 Å². The number of benzene rings is 2.